The Morgan fingerprint density at radius 1 is 1.06 bits per heavy atom. The zero-order chi connectivity index (χ0) is 25.3. The molecule has 1 fully saturated rings. The molecule has 182 valence electrons. The van der Waals surface area contributed by atoms with E-state index in [1.807, 2.05) is 32.0 Å². The van der Waals surface area contributed by atoms with Gasteiger partial charge in [0.15, 0.2) is 0 Å². The van der Waals surface area contributed by atoms with Crippen molar-refractivity contribution in [3.63, 3.8) is 0 Å². The standard InChI is InChI=1S/C28H29NO6/c1-16(2)21-14-19(10-12-22(21)34-5)26(30)24-25(23-11-9-17(3)35-23)29(28(32)27(24)31)15-18-7-6-8-20(13-18)33-4/h6-14,16,25,30H,15H2,1-5H3/b26-24-. The van der Waals surface area contributed by atoms with E-state index in [2.05, 4.69) is 0 Å². The maximum absolute atomic E-state index is 13.3. The van der Waals surface area contributed by atoms with Gasteiger partial charge >= 0.3 is 0 Å². The molecule has 2 heterocycles. The summed E-state index contributed by atoms with van der Waals surface area (Å²) in [6, 6.07) is 15.1. The zero-order valence-corrected chi connectivity index (χ0v) is 20.5. The smallest absolute Gasteiger partial charge is 0.296 e. The fourth-order valence-electron chi connectivity index (χ4n) is 4.40. The third kappa shape index (κ3) is 4.54. The number of nitrogens with zero attached hydrogens (tertiary/aromatic N) is 1. The molecule has 1 unspecified atom stereocenters. The lowest BCUT2D eigenvalue weighted by Crippen LogP contribution is -2.29. The zero-order valence-electron chi connectivity index (χ0n) is 20.5. The Labute approximate surface area is 204 Å². The first kappa shape index (κ1) is 24.1. The van der Waals surface area contributed by atoms with Gasteiger partial charge in [-0.15, -0.1) is 0 Å². The average molecular weight is 476 g/mol. The maximum Gasteiger partial charge on any atom is 0.296 e. The Kier molecular flexibility index (Phi) is 6.69. The van der Waals surface area contributed by atoms with Crippen LogP contribution in [0.4, 0.5) is 0 Å². The molecule has 0 radical (unpaired) electrons. The van der Waals surface area contributed by atoms with Crippen LogP contribution in [0.3, 0.4) is 0 Å². The number of benzene rings is 2. The molecule has 7 heteroatoms. The van der Waals surface area contributed by atoms with E-state index in [0.29, 0.717) is 28.6 Å². The molecule has 35 heavy (non-hydrogen) atoms. The van der Waals surface area contributed by atoms with Crippen molar-refractivity contribution in [3.05, 3.63) is 88.4 Å². The summed E-state index contributed by atoms with van der Waals surface area (Å²) in [4.78, 5) is 27.9. The van der Waals surface area contributed by atoms with Gasteiger partial charge in [-0.2, -0.15) is 0 Å². The number of furan rings is 1. The number of Topliss-reactive ketones (excluding diaryl/α,β-unsaturated/α-hetero) is 1. The minimum Gasteiger partial charge on any atom is -0.507 e. The highest BCUT2D eigenvalue weighted by atomic mass is 16.5. The number of aliphatic hydroxyl groups excluding tert-OH is 1. The second-order valence-corrected chi connectivity index (χ2v) is 8.84. The van der Waals surface area contributed by atoms with Gasteiger partial charge in [0, 0.05) is 12.1 Å². The van der Waals surface area contributed by atoms with E-state index in [1.165, 1.54) is 4.90 Å². The van der Waals surface area contributed by atoms with Crippen LogP contribution < -0.4 is 9.47 Å². The summed E-state index contributed by atoms with van der Waals surface area (Å²) in [6.45, 7) is 5.96. The predicted octanol–water partition coefficient (Wildman–Crippen LogP) is 5.35. The number of amides is 1. The van der Waals surface area contributed by atoms with Crippen LogP contribution in [0.2, 0.25) is 0 Å². The van der Waals surface area contributed by atoms with Gasteiger partial charge in [0.1, 0.15) is 34.8 Å². The van der Waals surface area contributed by atoms with Crippen molar-refractivity contribution in [1.29, 1.82) is 0 Å². The molecular formula is C28H29NO6. The second kappa shape index (κ2) is 9.70. The quantitative estimate of drug-likeness (QED) is 0.281. The highest BCUT2D eigenvalue weighted by molar-refractivity contribution is 6.46. The molecule has 1 aromatic heterocycles. The minimum absolute atomic E-state index is 0.00730. The number of aliphatic hydroxyl groups is 1. The molecule has 7 nitrogen and oxygen atoms in total. The number of rotatable bonds is 7. The van der Waals surface area contributed by atoms with Crippen molar-refractivity contribution in [2.45, 2.75) is 39.3 Å². The van der Waals surface area contributed by atoms with Gasteiger partial charge in [0.05, 0.1) is 19.8 Å². The van der Waals surface area contributed by atoms with Crippen LogP contribution in [-0.4, -0.2) is 35.9 Å². The van der Waals surface area contributed by atoms with E-state index in [1.54, 1.807) is 57.5 Å². The number of hydrogen-bond acceptors (Lipinski definition) is 6. The Hall–Kier alpha value is -4.00. The molecule has 1 saturated heterocycles. The number of likely N-dealkylation sites (tertiary alicyclic amines) is 1. The van der Waals surface area contributed by atoms with Crippen LogP contribution in [0.1, 0.15) is 54.0 Å². The Morgan fingerprint density at radius 3 is 2.46 bits per heavy atom. The first-order valence-electron chi connectivity index (χ1n) is 11.4. The normalized spacial score (nSPS) is 17.3. The Morgan fingerprint density at radius 2 is 1.83 bits per heavy atom. The van der Waals surface area contributed by atoms with E-state index in [9.17, 15) is 14.7 Å². The molecule has 1 aliphatic rings. The SMILES string of the molecule is COc1cccc(CN2C(=O)C(=O)/C(=C(\O)c3ccc(OC)c(C(C)C)c3)C2c2ccc(C)o2)c1. The molecule has 3 aromatic rings. The lowest BCUT2D eigenvalue weighted by atomic mass is 9.95. The van der Waals surface area contributed by atoms with Crippen LogP contribution in [0.15, 0.2) is 64.6 Å². The van der Waals surface area contributed by atoms with E-state index in [0.717, 1.165) is 11.1 Å². The molecule has 0 saturated carbocycles. The van der Waals surface area contributed by atoms with Gasteiger partial charge in [-0.25, -0.2) is 0 Å². The van der Waals surface area contributed by atoms with Crippen molar-refractivity contribution in [3.8, 4) is 11.5 Å². The topological polar surface area (TPSA) is 89.2 Å². The summed E-state index contributed by atoms with van der Waals surface area (Å²) in [5, 5.41) is 11.4. The van der Waals surface area contributed by atoms with E-state index < -0.39 is 17.7 Å². The van der Waals surface area contributed by atoms with E-state index in [4.69, 9.17) is 13.9 Å². The molecule has 0 bridgehead atoms. The van der Waals surface area contributed by atoms with Crippen LogP contribution in [0.25, 0.3) is 5.76 Å². The Balaban J connectivity index is 1.85. The van der Waals surface area contributed by atoms with Crippen LogP contribution in [0.5, 0.6) is 11.5 Å². The number of methoxy groups -OCH3 is 2. The first-order chi connectivity index (χ1) is 16.7. The number of ether oxygens (including phenoxy) is 2. The van der Waals surface area contributed by atoms with Crippen molar-refractivity contribution < 1.29 is 28.6 Å². The van der Waals surface area contributed by atoms with Crippen molar-refractivity contribution in [2.24, 2.45) is 0 Å². The van der Waals surface area contributed by atoms with Crippen LogP contribution in [-0.2, 0) is 16.1 Å². The number of hydrogen-bond donors (Lipinski definition) is 1. The van der Waals surface area contributed by atoms with Crippen molar-refractivity contribution in [1.82, 2.24) is 4.90 Å². The summed E-state index contributed by atoms with van der Waals surface area (Å²) in [7, 11) is 3.15. The summed E-state index contributed by atoms with van der Waals surface area (Å²) in [5.41, 5.74) is 2.09. The van der Waals surface area contributed by atoms with Gasteiger partial charge in [-0.1, -0.05) is 26.0 Å². The number of carbonyl (C=O) groups excluding carboxylic acids is 2. The van der Waals surface area contributed by atoms with Crippen molar-refractivity contribution in [2.75, 3.05) is 14.2 Å². The number of aryl methyl sites for hydroxylation is 1. The minimum atomic E-state index is -0.875. The summed E-state index contributed by atoms with van der Waals surface area (Å²) < 4.78 is 16.6. The third-order valence-corrected chi connectivity index (χ3v) is 6.18. The fourth-order valence-corrected chi connectivity index (χ4v) is 4.40. The second-order valence-electron chi connectivity index (χ2n) is 8.84. The molecular weight excluding hydrogens is 446 g/mol. The summed E-state index contributed by atoms with van der Waals surface area (Å²) in [6.07, 6.45) is 0. The number of ketones is 1. The van der Waals surface area contributed by atoms with Gasteiger partial charge < -0.3 is 23.9 Å². The van der Waals surface area contributed by atoms with Gasteiger partial charge in [-0.3, -0.25) is 9.59 Å². The van der Waals surface area contributed by atoms with E-state index >= 15 is 0 Å². The third-order valence-electron chi connectivity index (χ3n) is 6.18. The highest BCUT2D eigenvalue weighted by Crippen LogP contribution is 2.41. The molecule has 0 aliphatic carbocycles. The molecule has 1 amide bonds. The molecule has 4 rings (SSSR count). The molecule has 2 aromatic carbocycles. The molecule has 1 aliphatic heterocycles. The highest BCUT2D eigenvalue weighted by Gasteiger charge is 2.47. The van der Waals surface area contributed by atoms with Gasteiger partial charge in [0.25, 0.3) is 11.7 Å². The lowest BCUT2D eigenvalue weighted by Gasteiger charge is -2.23. The molecule has 1 atom stereocenters. The largest absolute Gasteiger partial charge is 0.507 e. The monoisotopic (exact) mass is 475 g/mol. The maximum atomic E-state index is 13.3. The number of carbonyl (C=O) groups is 2. The summed E-state index contributed by atoms with van der Waals surface area (Å²) in [5.74, 6) is 0.786. The first-order valence-corrected chi connectivity index (χ1v) is 11.4. The van der Waals surface area contributed by atoms with E-state index in [-0.39, 0.29) is 23.8 Å². The van der Waals surface area contributed by atoms with Crippen molar-refractivity contribution >= 4 is 17.4 Å². The predicted molar refractivity (Wildman–Crippen MR) is 131 cm³/mol. The van der Waals surface area contributed by atoms with Gasteiger partial charge in [0.2, 0.25) is 0 Å². The van der Waals surface area contributed by atoms with Crippen LogP contribution in [0, 0.1) is 6.92 Å². The molecule has 1 N–H and O–H groups in total. The fraction of sp³-hybridized carbons (Fsp3) is 0.286. The Bertz CT molecular complexity index is 1300. The lowest BCUT2D eigenvalue weighted by molar-refractivity contribution is -0.140. The van der Waals surface area contributed by atoms with Crippen LogP contribution >= 0.6 is 0 Å². The average Bonchev–Trinajstić information content (AvgIpc) is 3.39. The molecule has 0 spiro atoms. The summed E-state index contributed by atoms with van der Waals surface area (Å²) >= 11 is 0. The van der Waals surface area contributed by atoms with Gasteiger partial charge in [-0.05, 0) is 66.4 Å².